The van der Waals surface area contributed by atoms with Crippen molar-refractivity contribution in [2.75, 3.05) is 6.54 Å². The molecular weight excluding hydrogens is 532 g/mol. The fourth-order valence-corrected chi connectivity index (χ4v) is 19.0. The van der Waals surface area contributed by atoms with Crippen molar-refractivity contribution in [3.8, 4) is 0 Å². The second-order valence-corrected chi connectivity index (χ2v) is 20.4. The zero-order valence-corrected chi connectivity index (χ0v) is 22.7. The number of rotatable bonds is 6. The third-order valence-electron chi connectivity index (χ3n) is 8.99. The molecule has 4 aliphatic carbocycles. The third kappa shape index (κ3) is 3.16. The molecule has 0 unspecified atom stereocenters. The standard InChI is InChI=1S/C30H35INP/c1-2-32(30-21-24-18-25(22-30)20-26(19-24)23-30)33(31,27-12-6-3-7-13-27,28-14-8-4-9-15-28)29-16-10-5-11-17-29/h3-17,24-26H,2,18-23H2,1H3. The summed E-state index contributed by atoms with van der Waals surface area (Å²) in [5, 5.41) is 4.50. The van der Waals surface area contributed by atoms with Gasteiger partial charge in [-0.25, -0.2) is 0 Å². The Balaban J connectivity index is 1.69. The second kappa shape index (κ2) is 8.18. The fourth-order valence-electron chi connectivity index (χ4n) is 8.35. The Labute approximate surface area is 212 Å². The minimum absolute atomic E-state index is 0.310. The van der Waals surface area contributed by atoms with Crippen LogP contribution in [0.25, 0.3) is 0 Å². The quantitative estimate of drug-likeness (QED) is 0.228. The van der Waals surface area contributed by atoms with Crippen molar-refractivity contribution in [3.05, 3.63) is 91.0 Å². The van der Waals surface area contributed by atoms with Gasteiger partial charge in [-0.1, -0.05) is 0 Å². The van der Waals surface area contributed by atoms with Crippen molar-refractivity contribution in [3.63, 3.8) is 0 Å². The van der Waals surface area contributed by atoms with Gasteiger partial charge in [0.1, 0.15) is 0 Å². The SMILES string of the molecule is CCN(C12CC3CC(CC(C3)C1)C2)P(I)(c1ccccc1)(c1ccccc1)c1ccccc1. The van der Waals surface area contributed by atoms with Crippen LogP contribution in [0.5, 0.6) is 0 Å². The maximum absolute atomic E-state index is 3.10. The monoisotopic (exact) mass is 567 g/mol. The first-order valence-corrected chi connectivity index (χ1v) is 17.7. The van der Waals surface area contributed by atoms with E-state index >= 15 is 0 Å². The molecule has 0 aromatic heterocycles. The van der Waals surface area contributed by atoms with E-state index in [-0.39, 0.29) is 0 Å². The predicted octanol–water partition coefficient (Wildman–Crippen LogP) is 7.07. The van der Waals surface area contributed by atoms with Crippen LogP contribution in [-0.4, -0.2) is 16.8 Å². The van der Waals surface area contributed by atoms with Crippen LogP contribution in [0.2, 0.25) is 0 Å². The van der Waals surface area contributed by atoms with Crippen LogP contribution in [-0.2, 0) is 0 Å². The van der Waals surface area contributed by atoms with Gasteiger partial charge in [-0.15, -0.1) is 0 Å². The Morgan fingerprint density at radius 3 is 1.30 bits per heavy atom. The molecule has 0 atom stereocenters. The Morgan fingerprint density at radius 1 is 0.667 bits per heavy atom. The number of hydrogen-bond donors (Lipinski definition) is 0. The van der Waals surface area contributed by atoms with E-state index in [1.54, 1.807) is 0 Å². The van der Waals surface area contributed by atoms with Crippen LogP contribution in [0.1, 0.15) is 45.4 Å². The summed E-state index contributed by atoms with van der Waals surface area (Å²) in [7, 11) is 0. The molecule has 4 fully saturated rings. The van der Waals surface area contributed by atoms with Gasteiger partial charge >= 0.3 is 213 Å². The van der Waals surface area contributed by atoms with Gasteiger partial charge in [0.25, 0.3) is 0 Å². The van der Waals surface area contributed by atoms with Crippen LogP contribution in [0.4, 0.5) is 0 Å². The van der Waals surface area contributed by atoms with Gasteiger partial charge in [0.05, 0.1) is 0 Å². The summed E-state index contributed by atoms with van der Waals surface area (Å²) in [5.74, 6) is 2.79. The number of hydrogen-bond acceptors (Lipinski definition) is 1. The summed E-state index contributed by atoms with van der Waals surface area (Å²) in [4.78, 5) is 0. The van der Waals surface area contributed by atoms with Crippen molar-refractivity contribution in [2.45, 2.75) is 51.0 Å². The molecule has 0 N–H and O–H groups in total. The molecule has 0 radical (unpaired) electrons. The zero-order valence-electron chi connectivity index (χ0n) is 19.6. The summed E-state index contributed by atoms with van der Waals surface area (Å²) in [6.45, 7) is 3.53. The molecule has 0 saturated heterocycles. The fraction of sp³-hybridized carbons (Fsp3) is 0.400. The van der Waals surface area contributed by atoms with E-state index in [0.29, 0.717) is 5.54 Å². The molecule has 0 heterocycles. The molecule has 4 aliphatic rings. The summed E-state index contributed by atoms with van der Waals surface area (Å²) in [6, 6.07) is 34.6. The molecule has 1 nitrogen and oxygen atoms in total. The van der Waals surface area contributed by atoms with Crippen LogP contribution >= 0.6 is 26.4 Å². The van der Waals surface area contributed by atoms with Crippen LogP contribution in [0.3, 0.4) is 0 Å². The topological polar surface area (TPSA) is 3.24 Å². The van der Waals surface area contributed by atoms with Gasteiger partial charge in [-0.2, -0.15) is 0 Å². The van der Waals surface area contributed by atoms with Gasteiger partial charge in [0, 0.05) is 0 Å². The molecule has 172 valence electrons. The molecule has 3 heteroatoms. The minimum atomic E-state index is -2.97. The summed E-state index contributed by atoms with van der Waals surface area (Å²) >= 11 is 3.01. The van der Waals surface area contributed by atoms with E-state index in [4.69, 9.17) is 0 Å². The van der Waals surface area contributed by atoms with E-state index in [0.717, 1.165) is 24.3 Å². The molecule has 3 aromatic rings. The molecule has 0 amide bonds. The molecule has 0 spiro atoms. The summed E-state index contributed by atoms with van der Waals surface area (Å²) in [6.07, 6.45) is 8.61. The summed E-state index contributed by atoms with van der Waals surface area (Å²) in [5.41, 5.74) is 0.310. The third-order valence-corrected chi connectivity index (χ3v) is 20.9. The molecule has 33 heavy (non-hydrogen) atoms. The first kappa shape index (κ1) is 22.3. The van der Waals surface area contributed by atoms with Gasteiger partial charge in [0.2, 0.25) is 0 Å². The molecule has 3 aromatic carbocycles. The van der Waals surface area contributed by atoms with E-state index in [1.807, 2.05) is 0 Å². The Morgan fingerprint density at radius 2 is 1.00 bits per heavy atom. The molecule has 0 aliphatic heterocycles. The van der Waals surface area contributed by atoms with Crippen LogP contribution in [0.15, 0.2) is 91.0 Å². The second-order valence-electron chi connectivity index (χ2n) is 10.8. The van der Waals surface area contributed by atoms with Crippen molar-refractivity contribution < 1.29 is 0 Å². The average molecular weight is 567 g/mol. The van der Waals surface area contributed by atoms with Gasteiger partial charge in [-0.3, -0.25) is 0 Å². The van der Waals surface area contributed by atoms with Crippen LogP contribution in [0, 0.1) is 17.8 Å². The van der Waals surface area contributed by atoms with E-state index in [1.165, 1.54) is 54.4 Å². The molecule has 4 saturated carbocycles. The van der Waals surface area contributed by atoms with E-state index < -0.39 is 4.40 Å². The first-order valence-electron chi connectivity index (χ1n) is 12.8. The van der Waals surface area contributed by atoms with Crippen molar-refractivity contribution in [1.82, 2.24) is 4.67 Å². The van der Waals surface area contributed by atoms with Crippen molar-refractivity contribution >= 4 is 42.4 Å². The van der Waals surface area contributed by atoms with Gasteiger partial charge < -0.3 is 0 Å². The Kier molecular flexibility index (Phi) is 5.51. The maximum atomic E-state index is 3.10. The summed E-state index contributed by atoms with van der Waals surface area (Å²) < 4.78 is 0.135. The molecular formula is C30H35INP. The first-order chi connectivity index (χ1) is 16.1. The number of halogens is 1. The number of benzene rings is 3. The normalized spacial score (nSPS) is 29.7. The van der Waals surface area contributed by atoms with E-state index in [2.05, 4.69) is 125 Å². The zero-order chi connectivity index (χ0) is 22.5. The predicted molar refractivity (Wildman–Crippen MR) is 152 cm³/mol. The molecule has 7 rings (SSSR count). The van der Waals surface area contributed by atoms with Crippen LogP contribution < -0.4 is 15.9 Å². The van der Waals surface area contributed by atoms with Gasteiger partial charge in [-0.05, 0) is 0 Å². The van der Waals surface area contributed by atoms with Crippen molar-refractivity contribution in [1.29, 1.82) is 0 Å². The Bertz CT molecular complexity index is 979. The number of nitrogens with zero attached hydrogens (tertiary/aromatic N) is 1. The van der Waals surface area contributed by atoms with Crippen molar-refractivity contribution in [2.24, 2.45) is 17.8 Å². The molecule has 4 bridgehead atoms. The Hall–Kier alpha value is -1.22. The van der Waals surface area contributed by atoms with Gasteiger partial charge in [0.15, 0.2) is 0 Å². The average Bonchev–Trinajstić information content (AvgIpc) is 2.85. The van der Waals surface area contributed by atoms with E-state index in [9.17, 15) is 0 Å².